The summed E-state index contributed by atoms with van der Waals surface area (Å²) < 4.78 is 11.8. The maximum atomic E-state index is 5.89. The van der Waals surface area contributed by atoms with E-state index in [1.165, 1.54) is 11.1 Å². The van der Waals surface area contributed by atoms with Gasteiger partial charge in [0.25, 0.3) is 0 Å². The van der Waals surface area contributed by atoms with Crippen LogP contribution >= 0.6 is 24.0 Å². The summed E-state index contributed by atoms with van der Waals surface area (Å²) in [6, 6.07) is 8.64. The van der Waals surface area contributed by atoms with Crippen LogP contribution in [0, 0.1) is 0 Å². The molecule has 0 amide bonds. The number of nitrogens with one attached hydrogen (secondary N) is 2. The second-order valence-corrected chi connectivity index (χ2v) is 8.67. The number of rotatable bonds is 7. The lowest BCUT2D eigenvalue weighted by Crippen LogP contribution is -2.45. The van der Waals surface area contributed by atoms with E-state index in [0.717, 1.165) is 58.1 Å². The Bertz CT molecular complexity index is 669. The number of hydrogen-bond acceptors (Lipinski definition) is 4. The van der Waals surface area contributed by atoms with Crippen molar-refractivity contribution in [3.05, 3.63) is 35.4 Å². The summed E-state index contributed by atoms with van der Waals surface area (Å²) >= 11 is 0. The lowest BCUT2D eigenvalue weighted by Gasteiger charge is -2.35. The summed E-state index contributed by atoms with van der Waals surface area (Å²) in [7, 11) is 0. The molecule has 7 heteroatoms. The van der Waals surface area contributed by atoms with Crippen LogP contribution in [0.1, 0.15) is 51.7 Å². The van der Waals surface area contributed by atoms with E-state index in [-0.39, 0.29) is 41.8 Å². The second kappa shape index (κ2) is 12.2. The first-order valence-electron chi connectivity index (χ1n) is 11.1. The summed E-state index contributed by atoms with van der Waals surface area (Å²) in [5.74, 6) is 0.854. The van der Waals surface area contributed by atoms with Crippen molar-refractivity contribution < 1.29 is 9.47 Å². The molecule has 1 aromatic carbocycles. The van der Waals surface area contributed by atoms with Gasteiger partial charge in [0.2, 0.25) is 0 Å². The van der Waals surface area contributed by atoms with Gasteiger partial charge in [0.1, 0.15) is 0 Å². The summed E-state index contributed by atoms with van der Waals surface area (Å²) in [6.45, 7) is 14.6. The Hall–Kier alpha value is -0.900. The third-order valence-corrected chi connectivity index (χ3v) is 5.69. The van der Waals surface area contributed by atoms with E-state index in [0.29, 0.717) is 6.54 Å². The van der Waals surface area contributed by atoms with Gasteiger partial charge in [-0.3, -0.25) is 4.90 Å². The molecule has 2 heterocycles. The zero-order valence-electron chi connectivity index (χ0n) is 18.9. The van der Waals surface area contributed by atoms with E-state index in [1.54, 1.807) is 0 Å². The van der Waals surface area contributed by atoms with Crippen LogP contribution in [0.15, 0.2) is 29.3 Å². The maximum absolute atomic E-state index is 5.89. The predicted molar refractivity (Wildman–Crippen MR) is 134 cm³/mol. The van der Waals surface area contributed by atoms with Crippen LogP contribution in [0.4, 0.5) is 0 Å². The van der Waals surface area contributed by atoms with E-state index in [1.807, 2.05) is 0 Å². The molecule has 30 heavy (non-hydrogen) atoms. The molecule has 3 unspecified atom stereocenters. The van der Waals surface area contributed by atoms with Crippen LogP contribution in [0.3, 0.4) is 0 Å². The van der Waals surface area contributed by atoms with Gasteiger partial charge in [-0.25, -0.2) is 4.99 Å². The van der Waals surface area contributed by atoms with Crippen molar-refractivity contribution in [2.75, 3.05) is 32.8 Å². The van der Waals surface area contributed by atoms with Gasteiger partial charge in [0.15, 0.2) is 5.96 Å². The van der Waals surface area contributed by atoms with Crippen molar-refractivity contribution in [1.82, 2.24) is 15.5 Å². The van der Waals surface area contributed by atoms with Crippen LogP contribution in [-0.4, -0.2) is 61.5 Å². The van der Waals surface area contributed by atoms with Gasteiger partial charge in [0.05, 0.1) is 24.4 Å². The fourth-order valence-electron chi connectivity index (χ4n) is 4.27. The first-order valence-corrected chi connectivity index (χ1v) is 11.1. The molecule has 2 N–H and O–H groups in total. The molecule has 3 atom stereocenters. The Morgan fingerprint density at radius 1 is 1.17 bits per heavy atom. The Labute approximate surface area is 199 Å². The molecule has 0 aliphatic carbocycles. The van der Waals surface area contributed by atoms with Gasteiger partial charge in [-0.05, 0) is 51.7 Å². The second-order valence-electron chi connectivity index (χ2n) is 8.67. The minimum absolute atomic E-state index is 0. The Morgan fingerprint density at radius 3 is 2.50 bits per heavy atom. The molecule has 2 aliphatic rings. The molecule has 0 radical (unpaired) electrons. The minimum Gasteiger partial charge on any atom is -0.373 e. The van der Waals surface area contributed by atoms with E-state index < -0.39 is 0 Å². The summed E-state index contributed by atoms with van der Waals surface area (Å²) in [4.78, 5) is 7.34. The molecule has 2 aliphatic heterocycles. The number of benzene rings is 1. The van der Waals surface area contributed by atoms with Gasteiger partial charge >= 0.3 is 0 Å². The van der Waals surface area contributed by atoms with Crippen molar-refractivity contribution in [3.63, 3.8) is 0 Å². The molecule has 0 aromatic heterocycles. The number of morpholine rings is 1. The zero-order chi connectivity index (χ0) is 20.7. The normalized spacial score (nSPS) is 27.5. The fourth-order valence-corrected chi connectivity index (χ4v) is 4.27. The van der Waals surface area contributed by atoms with E-state index in [9.17, 15) is 0 Å². The molecule has 2 fully saturated rings. The van der Waals surface area contributed by atoms with Gasteiger partial charge in [-0.1, -0.05) is 24.3 Å². The molecule has 170 valence electrons. The number of nitrogens with zero attached hydrogens (tertiary/aromatic N) is 2. The topological polar surface area (TPSA) is 58.1 Å². The zero-order valence-corrected chi connectivity index (χ0v) is 21.3. The molecule has 2 saturated heterocycles. The van der Waals surface area contributed by atoms with Crippen LogP contribution in [0.2, 0.25) is 0 Å². The molecule has 0 bridgehead atoms. The maximum Gasteiger partial charge on any atom is 0.191 e. The highest BCUT2D eigenvalue weighted by Gasteiger charge is 2.29. The van der Waals surface area contributed by atoms with Crippen molar-refractivity contribution in [2.24, 2.45) is 4.99 Å². The number of hydrogen-bond donors (Lipinski definition) is 2. The summed E-state index contributed by atoms with van der Waals surface area (Å²) in [5.41, 5.74) is 2.54. The number of aliphatic imine (C=N–C) groups is 1. The molecule has 3 rings (SSSR count). The van der Waals surface area contributed by atoms with Crippen LogP contribution in [0.5, 0.6) is 0 Å². The van der Waals surface area contributed by atoms with Crippen molar-refractivity contribution in [3.8, 4) is 0 Å². The fraction of sp³-hybridized carbons (Fsp3) is 0.696. The Morgan fingerprint density at radius 2 is 1.87 bits per heavy atom. The van der Waals surface area contributed by atoms with Crippen molar-refractivity contribution in [1.29, 1.82) is 0 Å². The average Bonchev–Trinajstić information content (AvgIpc) is 3.11. The standard InChI is InChI=1S/C23H38N4O2.HI/c1-5-24-22(26-17-23(4)11-8-12-28-23)25-13-20-9-6-7-10-21(20)16-27-14-18(2)29-19(3)15-27;/h6-7,9-10,18-19H,5,8,11-17H2,1-4H3,(H2,24,25,26);1H. The van der Waals surface area contributed by atoms with Gasteiger partial charge < -0.3 is 20.1 Å². The smallest absolute Gasteiger partial charge is 0.191 e. The quantitative estimate of drug-likeness (QED) is 0.321. The first-order chi connectivity index (χ1) is 14.0. The van der Waals surface area contributed by atoms with Crippen LogP contribution in [-0.2, 0) is 22.6 Å². The monoisotopic (exact) mass is 530 g/mol. The van der Waals surface area contributed by atoms with Gasteiger partial charge in [-0.2, -0.15) is 0 Å². The molecule has 1 aromatic rings. The number of halogens is 1. The molecular weight excluding hydrogens is 491 g/mol. The van der Waals surface area contributed by atoms with Gasteiger partial charge in [-0.15, -0.1) is 24.0 Å². The average molecular weight is 530 g/mol. The summed E-state index contributed by atoms with van der Waals surface area (Å²) in [5, 5.41) is 6.84. The lowest BCUT2D eigenvalue weighted by atomic mass is 10.0. The van der Waals surface area contributed by atoms with E-state index >= 15 is 0 Å². The van der Waals surface area contributed by atoms with E-state index in [4.69, 9.17) is 14.5 Å². The molecule has 0 saturated carbocycles. The lowest BCUT2D eigenvalue weighted by molar-refractivity contribution is -0.0705. The SMILES string of the molecule is CCNC(=NCc1ccccc1CN1CC(C)OC(C)C1)NCC1(C)CCCO1.I. The highest BCUT2D eigenvalue weighted by molar-refractivity contribution is 14.0. The highest BCUT2D eigenvalue weighted by Crippen LogP contribution is 2.24. The van der Waals surface area contributed by atoms with Gasteiger partial charge in [0, 0.05) is 39.3 Å². The predicted octanol–water partition coefficient (Wildman–Crippen LogP) is 3.54. The molecule has 6 nitrogen and oxygen atoms in total. The van der Waals surface area contributed by atoms with Crippen molar-refractivity contribution in [2.45, 2.75) is 71.4 Å². The first kappa shape index (κ1) is 25.4. The van der Waals surface area contributed by atoms with Crippen LogP contribution < -0.4 is 10.6 Å². The number of guanidine groups is 1. The Balaban J connectivity index is 0.00000320. The largest absolute Gasteiger partial charge is 0.373 e. The molecular formula is C23H39IN4O2. The number of ether oxygens (including phenoxy) is 2. The third kappa shape index (κ3) is 7.66. The van der Waals surface area contributed by atoms with Crippen LogP contribution in [0.25, 0.3) is 0 Å². The van der Waals surface area contributed by atoms with E-state index in [2.05, 4.69) is 67.5 Å². The minimum atomic E-state index is -0.0855. The Kier molecular flexibility index (Phi) is 10.3. The summed E-state index contributed by atoms with van der Waals surface area (Å²) in [6.07, 6.45) is 2.80. The molecule has 0 spiro atoms. The third-order valence-electron chi connectivity index (χ3n) is 5.69. The highest BCUT2D eigenvalue weighted by atomic mass is 127. The van der Waals surface area contributed by atoms with Crippen molar-refractivity contribution >= 4 is 29.9 Å².